The van der Waals surface area contributed by atoms with E-state index in [-0.39, 0.29) is 0 Å². The van der Waals surface area contributed by atoms with Crippen LogP contribution in [0.5, 0.6) is 0 Å². The molecule has 1 nitrogen and oxygen atoms in total. The Hall–Kier alpha value is -1.12. The van der Waals surface area contributed by atoms with E-state index in [4.69, 9.17) is 5.73 Å². The molecular weight excluding hydrogens is 136 g/mol. The Morgan fingerprint density at radius 3 is 2.70 bits per heavy atom. The third-order valence-electron chi connectivity index (χ3n) is 1.16. The van der Waals surface area contributed by atoms with Crippen molar-refractivity contribution in [1.82, 2.24) is 0 Å². The van der Waals surface area contributed by atoms with Gasteiger partial charge in [0.1, 0.15) is 0 Å². The van der Waals surface area contributed by atoms with E-state index in [9.17, 15) is 8.78 Å². The predicted molar refractivity (Wildman–Crippen MR) is 35.3 cm³/mol. The summed E-state index contributed by atoms with van der Waals surface area (Å²) in [5.41, 5.74) is 5.59. The average Bonchev–Trinajstić information content (AvgIpc) is 1.96. The second-order valence-electron chi connectivity index (χ2n) is 2.02. The van der Waals surface area contributed by atoms with E-state index in [2.05, 4.69) is 0 Å². The number of hydrogen-bond acceptors (Lipinski definition) is 1. The van der Waals surface area contributed by atoms with E-state index in [0.717, 1.165) is 12.2 Å². The molecule has 0 atom stereocenters. The summed E-state index contributed by atoms with van der Waals surface area (Å²) in [6, 6.07) is 0. The van der Waals surface area contributed by atoms with Crippen LogP contribution in [0.1, 0.15) is 6.42 Å². The van der Waals surface area contributed by atoms with Crippen LogP contribution in [-0.4, -0.2) is 0 Å². The molecule has 0 aliphatic heterocycles. The minimum Gasteiger partial charge on any atom is -0.402 e. The van der Waals surface area contributed by atoms with Crippen molar-refractivity contribution in [3.63, 3.8) is 0 Å². The highest BCUT2D eigenvalue weighted by atomic mass is 19.2. The van der Waals surface area contributed by atoms with Gasteiger partial charge in [-0.2, -0.15) is 0 Å². The van der Waals surface area contributed by atoms with Crippen LogP contribution in [0, 0.1) is 0 Å². The van der Waals surface area contributed by atoms with E-state index >= 15 is 0 Å². The number of halogens is 2. The first-order valence-electron chi connectivity index (χ1n) is 2.88. The molecule has 2 N–H and O–H groups in total. The van der Waals surface area contributed by atoms with E-state index in [0.29, 0.717) is 12.1 Å². The molecule has 0 amide bonds. The zero-order chi connectivity index (χ0) is 7.56. The molecule has 0 aromatic carbocycles. The monoisotopic (exact) mass is 143 g/mol. The Morgan fingerprint density at radius 1 is 1.30 bits per heavy atom. The predicted octanol–water partition coefficient (Wildman–Crippen LogP) is 1.94. The van der Waals surface area contributed by atoms with Crippen LogP contribution in [-0.2, 0) is 0 Å². The van der Waals surface area contributed by atoms with Gasteiger partial charge < -0.3 is 5.73 Å². The molecule has 1 rings (SSSR count). The molecule has 0 spiro atoms. The first kappa shape index (κ1) is 6.99. The summed E-state index contributed by atoms with van der Waals surface area (Å²) >= 11 is 0. The first-order chi connectivity index (χ1) is 4.70. The molecule has 3 heteroatoms. The van der Waals surface area contributed by atoms with Crippen LogP contribution in [0.2, 0.25) is 0 Å². The smallest absolute Gasteiger partial charge is 0.160 e. The SMILES string of the molecule is NC1=CC(F)=C(F)C=CC1. The Bertz CT molecular complexity index is 226. The van der Waals surface area contributed by atoms with Crippen molar-refractivity contribution >= 4 is 0 Å². The number of rotatable bonds is 0. The highest BCUT2D eigenvalue weighted by Gasteiger charge is 2.03. The quantitative estimate of drug-likeness (QED) is 0.551. The van der Waals surface area contributed by atoms with Gasteiger partial charge in [0, 0.05) is 12.1 Å². The van der Waals surface area contributed by atoms with Gasteiger partial charge in [-0.05, 0) is 12.2 Å². The van der Waals surface area contributed by atoms with Gasteiger partial charge in [0.15, 0.2) is 11.7 Å². The van der Waals surface area contributed by atoms with Crippen LogP contribution in [0.25, 0.3) is 0 Å². The maximum atomic E-state index is 12.4. The van der Waals surface area contributed by atoms with E-state index in [1.54, 1.807) is 0 Å². The molecule has 0 heterocycles. The number of nitrogens with two attached hydrogens (primary N) is 1. The van der Waals surface area contributed by atoms with Crippen LogP contribution in [0.3, 0.4) is 0 Å². The van der Waals surface area contributed by atoms with Crippen LogP contribution in [0.15, 0.2) is 35.6 Å². The highest BCUT2D eigenvalue weighted by molar-refractivity contribution is 5.30. The Morgan fingerprint density at radius 2 is 2.00 bits per heavy atom. The Balaban J connectivity index is 2.98. The molecule has 0 radical (unpaired) electrons. The zero-order valence-electron chi connectivity index (χ0n) is 5.27. The molecule has 0 unspecified atom stereocenters. The average molecular weight is 143 g/mol. The lowest BCUT2D eigenvalue weighted by molar-refractivity contribution is 0.573. The largest absolute Gasteiger partial charge is 0.402 e. The molecule has 0 bridgehead atoms. The second kappa shape index (κ2) is 2.64. The van der Waals surface area contributed by atoms with Crippen LogP contribution in [0.4, 0.5) is 8.78 Å². The summed E-state index contributed by atoms with van der Waals surface area (Å²) in [6.45, 7) is 0. The van der Waals surface area contributed by atoms with E-state index in [1.807, 2.05) is 0 Å². The van der Waals surface area contributed by atoms with Crippen molar-refractivity contribution < 1.29 is 8.78 Å². The lowest BCUT2D eigenvalue weighted by atomic mass is 10.3. The van der Waals surface area contributed by atoms with Crippen molar-refractivity contribution in [3.05, 3.63) is 35.6 Å². The minimum atomic E-state index is -0.897. The van der Waals surface area contributed by atoms with Gasteiger partial charge in [-0.25, -0.2) is 8.78 Å². The third kappa shape index (κ3) is 1.43. The molecule has 0 saturated heterocycles. The summed E-state index contributed by atoms with van der Waals surface area (Å²) in [6.07, 6.45) is 3.95. The van der Waals surface area contributed by atoms with Gasteiger partial charge in [0.2, 0.25) is 0 Å². The molecule has 0 saturated carbocycles. The molecule has 1 aliphatic rings. The Kier molecular flexibility index (Phi) is 1.85. The molecule has 0 aromatic rings. The van der Waals surface area contributed by atoms with Crippen molar-refractivity contribution in [1.29, 1.82) is 0 Å². The molecule has 0 fully saturated rings. The van der Waals surface area contributed by atoms with Crippen LogP contribution >= 0.6 is 0 Å². The van der Waals surface area contributed by atoms with Crippen molar-refractivity contribution in [2.75, 3.05) is 0 Å². The van der Waals surface area contributed by atoms with Gasteiger partial charge >= 0.3 is 0 Å². The lowest BCUT2D eigenvalue weighted by Gasteiger charge is -1.89. The van der Waals surface area contributed by atoms with E-state index < -0.39 is 11.7 Å². The second-order valence-corrected chi connectivity index (χ2v) is 2.02. The number of hydrogen-bond donors (Lipinski definition) is 1. The zero-order valence-corrected chi connectivity index (χ0v) is 5.27. The highest BCUT2D eigenvalue weighted by Crippen LogP contribution is 2.16. The normalized spacial score (nSPS) is 18.8. The summed E-state index contributed by atoms with van der Waals surface area (Å²) in [4.78, 5) is 0. The van der Waals surface area contributed by atoms with Gasteiger partial charge in [0.25, 0.3) is 0 Å². The molecule has 1 aliphatic carbocycles. The van der Waals surface area contributed by atoms with Gasteiger partial charge in [-0.1, -0.05) is 6.08 Å². The summed E-state index contributed by atoms with van der Waals surface area (Å²) in [5, 5.41) is 0. The first-order valence-corrected chi connectivity index (χ1v) is 2.88. The van der Waals surface area contributed by atoms with Gasteiger partial charge in [-0.3, -0.25) is 0 Å². The van der Waals surface area contributed by atoms with Gasteiger partial charge in [-0.15, -0.1) is 0 Å². The fraction of sp³-hybridized carbons (Fsp3) is 0.143. The summed E-state index contributed by atoms with van der Waals surface area (Å²) in [5.74, 6) is -1.76. The fourth-order valence-electron chi connectivity index (χ4n) is 0.669. The fourth-order valence-corrected chi connectivity index (χ4v) is 0.669. The lowest BCUT2D eigenvalue weighted by Crippen LogP contribution is -1.93. The van der Waals surface area contributed by atoms with Crippen molar-refractivity contribution in [3.8, 4) is 0 Å². The molecule has 10 heavy (non-hydrogen) atoms. The number of allylic oxidation sites excluding steroid dienone is 5. The molecule has 54 valence electrons. The Labute approximate surface area is 57.5 Å². The third-order valence-corrected chi connectivity index (χ3v) is 1.16. The summed E-state index contributed by atoms with van der Waals surface area (Å²) in [7, 11) is 0. The standard InChI is InChI=1S/C7H7F2N/c8-6-3-1-2-5(10)4-7(6)9/h1,3-4H,2,10H2. The van der Waals surface area contributed by atoms with Crippen molar-refractivity contribution in [2.45, 2.75) is 6.42 Å². The maximum absolute atomic E-state index is 12.4. The van der Waals surface area contributed by atoms with Gasteiger partial charge in [0.05, 0.1) is 0 Å². The molecule has 0 aromatic heterocycles. The maximum Gasteiger partial charge on any atom is 0.160 e. The van der Waals surface area contributed by atoms with E-state index in [1.165, 1.54) is 6.08 Å². The molecular formula is C7H7F2N. The van der Waals surface area contributed by atoms with Crippen molar-refractivity contribution in [2.24, 2.45) is 5.73 Å². The topological polar surface area (TPSA) is 26.0 Å². The summed E-state index contributed by atoms with van der Waals surface area (Å²) < 4.78 is 24.7. The van der Waals surface area contributed by atoms with Crippen LogP contribution < -0.4 is 5.73 Å². The minimum absolute atomic E-state index is 0.335.